The van der Waals surface area contributed by atoms with Crippen molar-refractivity contribution >= 4 is 23.4 Å². The summed E-state index contributed by atoms with van der Waals surface area (Å²) in [4.78, 5) is 30.5. The molecule has 9 nitrogen and oxygen atoms in total. The molecule has 0 bridgehead atoms. The van der Waals surface area contributed by atoms with E-state index in [1.54, 1.807) is 9.80 Å². The number of fused-ring (bicyclic) bond motifs is 1. The zero-order valence-corrected chi connectivity index (χ0v) is 22.0. The highest BCUT2D eigenvalue weighted by Gasteiger charge is 2.33. The number of nitrogens with zero attached hydrogens (tertiary/aromatic N) is 6. The van der Waals surface area contributed by atoms with E-state index >= 15 is 0 Å². The molecule has 2 amide bonds. The number of urea groups is 1. The highest BCUT2D eigenvalue weighted by atomic mass is 16.2. The van der Waals surface area contributed by atoms with Crippen LogP contribution in [-0.2, 0) is 19.4 Å². The van der Waals surface area contributed by atoms with Gasteiger partial charge in [-0.2, -0.15) is 5.10 Å². The van der Waals surface area contributed by atoms with E-state index in [0.29, 0.717) is 31.3 Å². The first-order chi connectivity index (χ1) is 18.4. The largest absolute Gasteiger partial charge is 0.366 e. The predicted octanol–water partition coefficient (Wildman–Crippen LogP) is 5.14. The SMILES string of the molecule is Cc1ncc(CNc2cc(-c3n[nH]c4c3CCC(C)(C)C4)cc(N3CCN(c4ccccc4)C3=O)n2)cn1. The molecule has 1 aromatic carbocycles. The first-order valence-corrected chi connectivity index (χ1v) is 13.1. The molecule has 38 heavy (non-hydrogen) atoms. The van der Waals surface area contributed by atoms with Crippen LogP contribution in [0.3, 0.4) is 0 Å². The molecule has 9 heteroatoms. The van der Waals surface area contributed by atoms with Crippen molar-refractivity contribution in [2.24, 2.45) is 5.41 Å². The van der Waals surface area contributed by atoms with E-state index in [4.69, 9.17) is 10.1 Å². The zero-order valence-electron chi connectivity index (χ0n) is 22.0. The third kappa shape index (κ3) is 4.71. The average Bonchev–Trinajstić information content (AvgIpc) is 3.51. The number of rotatable bonds is 6. The number of hydrogen-bond donors (Lipinski definition) is 2. The van der Waals surface area contributed by atoms with Gasteiger partial charge in [-0.3, -0.25) is 14.9 Å². The van der Waals surface area contributed by atoms with Crippen LogP contribution in [0.2, 0.25) is 0 Å². The van der Waals surface area contributed by atoms with Gasteiger partial charge in [-0.1, -0.05) is 32.0 Å². The van der Waals surface area contributed by atoms with Crippen LogP contribution < -0.4 is 15.1 Å². The van der Waals surface area contributed by atoms with Gasteiger partial charge < -0.3 is 5.32 Å². The number of H-pyrrole nitrogens is 1. The molecule has 0 radical (unpaired) electrons. The van der Waals surface area contributed by atoms with E-state index in [9.17, 15) is 4.79 Å². The van der Waals surface area contributed by atoms with Gasteiger partial charge in [0, 0.05) is 60.1 Å². The van der Waals surface area contributed by atoms with Crippen molar-refractivity contribution in [1.82, 2.24) is 25.1 Å². The summed E-state index contributed by atoms with van der Waals surface area (Å²) >= 11 is 0. The van der Waals surface area contributed by atoms with Crippen LogP contribution in [0.5, 0.6) is 0 Å². The van der Waals surface area contributed by atoms with Crippen LogP contribution in [0.25, 0.3) is 11.3 Å². The minimum atomic E-state index is -0.0791. The van der Waals surface area contributed by atoms with E-state index in [-0.39, 0.29) is 11.4 Å². The molecule has 1 aliphatic carbocycles. The zero-order chi connectivity index (χ0) is 26.3. The van der Waals surface area contributed by atoms with Crippen LogP contribution in [0.15, 0.2) is 54.9 Å². The summed E-state index contributed by atoms with van der Waals surface area (Å²) in [7, 11) is 0. The minimum Gasteiger partial charge on any atom is -0.366 e. The Hall–Kier alpha value is -4.27. The molecular weight excluding hydrogens is 476 g/mol. The predicted molar refractivity (Wildman–Crippen MR) is 148 cm³/mol. The van der Waals surface area contributed by atoms with Gasteiger partial charge in [0.05, 0.1) is 5.69 Å². The molecule has 1 saturated heterocycles. The third-order valence-corrected chi connectivity index (χ3v) is 7.41. The van der Waals surface area contributed by atoms with E-state index in [2.05, 4.69) is 34.2 Å². The van der Waals surface area contributed by atoms with Crippen LogP contribution in [0, 0.1) is 12.3 Å². The number of anilines is 3. The van der Waals surface area contributed by atoms with Gasteiger partial charge in [0.25, 0.3) is 0 Å². The number of carbonyl (C=O) groups excluding carboxylic acids is 1. The Kier molecular flexibility index (Phi) is 6.06. The first kappa shape index (κ1) is 24.1. The maximum absolute atomic E-state index is 13.5. The van der Waals surface area contributed by atoms with E-state index in [0.717, 1.165) is 47.6 Å². The lowest BCUT2D eigenvalue weighted by Gasteiger charge is -2.29. The van der Waals surface area contributed by atoms with Gasteiger partial charge in [0.1, 0.15) is 17.5 Å². The quantitative estimate of drug-likeness (QED) is 0.374. The second-order valence-corrected chi connectivity index (χ2v) is 10.9. The lowest BCUT2D eigenvalue weighted by atomic mass is 9.76. The van der Waals surface area contributed by atoms with Crippen molar-refractivity contribution in [3.8, 4) is 11.3 Å². The second-order valence-electron chi connectivity index (χ2n) is 10.9. The Bertz CT molecular complexity index is 1460. The van der Waals surface area contributed by atoms with Crippen molar-refractivity contribution in [2.45, 2.75) is 46.6 Å². The molecule has 0 saturated carbocycles. The summed E-state index contributed by atoms with van der Waals surface area (Å²) in [6.07, 6.45) is 6.68. The summed E-state index contributed by atoms with van der Waals surface area (Å²) in [5, 5.41) is 11.4. The molecule has 1 aliphatic heterocycles. The van der Waals surface area contributed by atoms with Crippen molar-refractivity contribution < 1.29 is 4.79 Å². The average molecular weight is 509 g/mol. The molecule has 194 valence electrons. The monoisotopic (exact) mass is 508 g/mol. The summed E-state index contributed by atoms with van der Waals surface area (Å²) in [6.45, 7) is 8.15. The van der Waals surface area contributed by atoms with Crippen LogP contribution in [0.1, 0.15) is 42.9 Å². The molecule has 0 spiro atoms. The number of para-hydroxylation sites is 1. The fourth-order valence-corrected chi connectivity index (χ4v) is 5.27. The third-order valence-electron chi connectivity index (χ3n) is 7.41. The van der Waals surface area contributed by atoms with Crippen molar-refractivity contribution in [1.29, 1.82) is 0 Å². The van der Waals surface area contributed by atoms with Crippen molar-refractivity contribution in [3.63, 3.8) is 0 Å². The Morgan fingerprint density at radius 2 is 1.82 bits per heavy atom. The summed E-state index contributed by atoms with van der Waals surface area (Å²) < 4.78 is 0. The summed E-state index contributed by atoms with van der Waals surface area (Å²) in [6, 6.07) is 13.7. The van der Waals surface area contributed by atoms with Crippen LogP contribution >= 0.6 is 0 Å². The molecule has 6 rings (SSSR count). The number of nitrogens with one attached hydrogen (secondary N) is 2. The van der Waals surface area contributed by atoms with Gasteiger partial charge in [-0.05, 0) is 55.9 Å². The number of aryl methyl sites for hydroxylation is 1. The number of pyridine rings is 1. The molecule has 4 aromatic rings. The standard InChI is InChI=1S/C29H32N8O/c1-19-30-16-20(17-31-19)18-32-25-13-21(27-23-9-10-29(2,3)15-24(23)34-35-27)14-26(33-25)37-12-11-36(28(37)38)22-7-5-4-6-8-22/h4-8,13-14,16-17H,9-12,15,18H2,1-3H3,(H,32,33)(H,34,35). The Labute approximate surface area is 222 Å². The molecule has 2 N–H and O–H groups in total. The molecular formula is C29H32N8O. The molecule has 4 heterocycles. The molecule has 0 atom stereocenters. The Balaban J connectivity index is 1.35. The maximum atomic E-state index is 13.5. The lowest BCUT2D eigenvalue weighted by molar-refractivity contribution is 0.255. The lowest BCUT2D eigenvalue weighted by Crippen LogP contribution is -2.32. The van der Waals surface area contributed by atoms with Crippen LogP contribution in [0.4, 0.5) is 22.1 Å². The fourth-order valence-electron chi connectivity index (χ4n) is 5.27. The first-order valence-electron chi connectivity index (χ1n) is 13.1. The number of carbonyl (C=O) groups is 1. The number of benzene rings is 1. The highest BCUT2D eigenvalue weighted by molar-refractivity contribution is 6.05. The van der Waals surface area contributed by atoms with Crippen LogP contribution in [-0.4, -0.2) is 44.3 Å². The maximum Gasteiger partial charge on any atom is 0.330 e. The van der Waals surface area contributed by atoms with E-state index < -0.39 is 0 Å². The second kappa shape index (κ2) is 9.55. The molecule has 0 unspecified atom stereocenters. The summed E-state index contributed by atoms with van der Waals surface area (Å²) in [5.41, 5.74) is 6.44. The topological polar surface area (TPSA) is 103 Å². The minimum absolute atomic E-state index is 0.0791. The molecule has 2 aliphatic rings. The van der Waals surface area contributed by atoms with Gasteiger partial charge in [0.15, 0.2) is 0 Å². The normalized spacial score (nSPS) is 16.6. The number of hydrogen-bond acceptors (Lipinski definition) is 6. The Morgan fingerprint density at radius 1 is 1.05 bits per heavy atom. The fraction of sp³-hybridized carbons (Fsp3) is 0.345. The molecule has 1 fully saturated rings. The van der Waals surface area contributed by atoms with Gasteiger partial charge in [-0.15, -0.1) is 0 Å². The summed E-state index contributed by atoms with van der Waals surface area (Å²) in [5.74, 6) is 2.02. The van der Waals surface area contributed by atoms with Gasteiger partial charge in [0.2, 0.25) is 0 Å². The van der Waals surface area contributed by atoms with E-state index in [1.807, 2.05) is 61.8 Å². The number of aromatic amines is 1. The number of amides is 2. The smallest absolute Gasteiger partial charge is 0.330 e. The van der Waals surface area contributed by atoms with Crippen molar-refractivity contribution in [2.75, 3.05) is 28.2 Å². The molecule has 3 aromatic heterocycles. The Morgan fingerprint density at radius 3 is 2.61 bits per heavy atom. The number of aromatic nitrogens is 5. The van der Waals surface area contributed by atoms with Gasteiger partial charge in [-0.25, -0.2) is 19.7 Å². The van der Waals surface area contributed by atoms with E-state index in [1.165, 1.54) is 11.3 Å². The van der Waals surface area contributed by atoms with Gasteiger partial charge >= 0.3 is 6.03 Å². The highest BCUT2D eigenvalue weighted by Crippen LogP contribution is 2.39. The van der Waals surface area contributed by atoms with Crippen molar-refractivity contribution in [3.05, 3.63) is 77.5 Å².